The van der Waals surface area contributed by atoms with Gasteiger partial charge < -0.3 is 4.90 Å². The summed E-state index contributed by atoms with van der Waals surface area (Å²) in [5.41, 5.74) is 20.1. The fourth-order valence-corrected chi connectivity index (χ4v) is 10.1. The SMILES string of the molecule is CCCCCCc1ccc(CN(CC)c2ccc(N=Nc3cc(-[n+]4c(C)cc(-c5ccc(CCCCCC)cc5)cc4C)ccc3-[n+]3c(C)cc(-c4ccc(CCCCCC)cc4)cc3C)cc2)cc1. The van der Waals surface area contributed by atoms with E-state index in [0.717, 1.165) is 66.5 Å². The van der Waals surface area contributed by atoms with E-state index in [4.69, 9.17) is 10.2 Å². The first-order chi connectivity index (χ1) is 34.2. The zero-order chi connectivity index (χ0) is 49.2. The summed E-state index contributed by atoms with van der Waals surface area (Å²) >= 11 is 0. The van der Waals surface area contributed by atoms with Gasteiger partial charge in [0.2, 0.25) is 11.4 Å². The van der Waals surface area contributed by atoms with Crippen molar-refractivity contribution >= 4 is 17.1 Å². The molecule has 0 fully saturated rings. The quantitative estimate of drug-likeness (QED) is 0.0320. The van der Waals surface area contributed by atoms with Crippen LogP contribution in [0.1, 0.15) is 150 Å². The third-order valence-corrected chi connectivity index (χ3v) is 14.1. The van der Waals surface area contributed by atoms with Crippen LogP contribution in [0, 0.1) is 27.7 Å². The molecule has 0 bridgehead atoms. The molecule has 0 saturated heterocycles. The highest BCUT2D eigenvalue weighted by atomic mass is 15.1. The molecule has 0 spiro atoms. The van der Waals surface area contributed by atoms with E-state index < -0.39 is 0 Å². The minimum atomic E-state index is 0.812. The number of aromatic nitrogens is 2. The smallest absolute Gasteiger partial charge is 0.239 e. The van der Waals surface area contributed by atoms with Crippen molar-refractivity contribution in [3.63, 3.8) is 0 Å². The van der Waals surface area contributed by atoms with E-state index in [1.54, 1.807) is 0 Å². The lowest BCUT2D eigenvalue weighted by Crippen LogP contribution is -2.39. The Balaban J connectivity index is 1.17. The van der Waals surface area contributed by atoms with Crippen molar-refractivity contribution in [1.29, 1.82) is 0 Å². The van der Waals surface area contributed by atoms with Crippen LogP contribution in [-0.4, -0.2) is 6.54 Å². The van der Waals surface area contributed by atoms with Crippen LogP contribution in [0.15, 0.2) is 150 Å². The Labute approximate surface area is 422 Å². The molecule has 0 aliphatic rings. The Bertz CT molecular complexity index is 2700. The normalized spacial score (nSPS) is 11.5. The van der Waals surface area contributed by atoms with Crippen LogP contribution < -0.4 is 14.0 Å². The molecule has 7 rings (SSSR count). The number of aryl methyl sites for hydroxylation is 7. The van der Waals surface area contributed by atoms with Crippen molar-refractivity contribution in [2.45, 2.75) is 158 Å². The molecule has 2 aromatic heterocycles. The van der Waals surface area contributed by atoms with Crippen molar-refractivity contribution < 1.29 is 9.13 Å². The molecule has 5 nitrogen and oxygen atoms in total. The third kappa shape index (κ3) is 14.0. The van der Waals surface area contributed by atoms with E-state index in [0.29, 0.717) is 0 Å². The van der Waals surface area contributed by atoms with Gasteiger partial charge in [-0.3, -0.25) is 0 Å². The zero-order valence-electron chi connectivity index (χ0n) is 44.0. The molecule has 2 heterocycles. The largest absolute Gasteiger partial charge is 0.367 e. The summed E-state index contributed by atoms with van der Waals surface area (Å²) in [5, 5.41) is 10.0. The predicted molar refractivity (Wildman–Crippen MR) is 297 cm³/mol. The minimum Gasteiger partial charge on any atom is -0.367 e. The first-order valence-electron chi connectivity index (χ1n) is 26.9. The fraction of sp³-hybridized carbons (Fsp3) is 0.385. The predicted octanol–water partition coefficient (Wildman–Crippen LogP) is 17.6. The number of hydrogen-bond donors (Lipinski definition) is 0. The number of hydrogen-bond acceptors (Lipinski definition) is 3. The fourth-order valence-electron chi connectivity index (χ4n) is 10.1. The van der Waals surface area contributed by atoms with Gasteiger partial charge in [-0.1, -0.05) is 151 Å². The van der Waals surface area contributed by atoms with Gasteiger partial charge >= 0.3 is 0 Å². The average molecular weight is 932 g/mol. The second-order valence-electron chi connectivity index (χ2n) is 19.8. The van der Waals surface area contributed by atoms with E-state index in [9.17, 15) is 0 Å². The third-order valence-electron chi connectivity index (χ3n) is 14.1. The second-order valence-corrected chi connectivity index (χ2v) is 19.8. The summed E-state index contributed by atoms with van der Waals surface area (Å²) in [6.45, 7) is 19.7. The van der Waals surface area contributed by atoms with Crippen LogP contribution in [0.3, 0.4) is 0 Å². The van der Waals surface area contributed by atoms with Gasteiger partial charge in [0.15, 0.2) is 28.5 Å². The summed E-state index contributed by atoms with van der Waals surface area (Å²) in [6, 6.07) is 52.1. The number of azo groups is 1. The van der Waals surface area contributed by atoms with Gasteiger partial charge in [-0.2, -0.15) is 14.2 Å². The Morgan fingerprint density at radius 1 is 0.386 bits per heavy atom. The molecule has 7 aromatic rings. The first-order valence-corrected chi connectivity index (χ1v) is 26.9. The topological polar surface area (TPSA) is 35.7 Å². The lowest BCUT2D eigenvalue weighted by molar-refractivity contribution is -0.612. The summed E-state index contributed by atoms with van der Waals surface area (Å²) in [6.07, 6.45) is 18.9. The number of anilines is 1. The van der Waals surface area contributed by atoms with Crippen molar-refractivity contribution in [2.75, 3.05) is 11.4 Å². The van der Waals surface area contributed by atoms with E-state index in [1.807, 2.05) is 0 Å². The van der Waals surface area contributed by atoms with E-state index in [2.05, 4.69) is 209 Å². The van der Waals surface area contributed by atoms with Gasteiger partial charge in [0.25, 0.3) is 0 Å². The highest BCUT2D eigenvalue weighted by Crippen LogP contribution is 2.30. The van der Waals surface area contributed by atoms with Crippen molar-refractivity contribution in [3.05, 3.63) is 185 Å². The molecule has 0 aliphatic heterocycles. The van der Waals surface area contributed by atoms with Gasteiger partial charge in [-0.15, -0.1) is 5.11 Å². The van der Waals surface area contributed by atoms with Gasteiger partial charge in [0.05, 0.1) is 5.69 Å². The Hall–Kier alpha value is -6.20. The van der Waals surface area contributed by atoms with Crippen LogP contribution in [0.4, 0.5) is 17.1 Å². The maximum absolute atomic E-state index is 5.09. The molecular formula is C65H81N5+2. The van der Waals surface area contributed by atoms with E-state index in [1.165, 1.54) is 139 Å². The molecule has 0 unspecified atom stereocenters. The summed E-state index contributed by atoms with van der Waals surface area (Å²) in [4.78, 5) is 2.42. The summed E-state index contributed by atoms with van der Waals surface area (Å²) < 4.78 is 4.66. The van der Waals surface area contributed by atoms with Crippen LogP contribution in [0.5, 0.6) is 0 Å². The summed E-state index contributed by atoms with van der Waals surface area (Å²) in [5.74, 6) is 0. The molecule has 0 atom stereocenters. The van der Waals surface area contributed by atoms with Gasteiger partial charge in [-0.05, 0) is 114 Å². The van der Waals surface area contributed by atoms with Crippen molar-refractivity contribution in [3.8, 4) is 33.6 Å². The van der Waals surface area contributed by atoms with E-state index in [-0.39, 0.29) is 0 Å². The molecule has 0 radical (unpaired) electrons. The molecule has 364 valence electrons. The van der Waals surface area contributed by atoms with Gasteiger partial charge in [0.1, 0.15) is 0 Å². The number of rotatable bonds is 25. The Morgan fingerprint density at radius 2 is 0.814 bits per heavy atom. The number of nitrogens with zero attached hydrogens (tertiary/aromatic N) is 5. The van der Waals surface area contributed by atoms with Gasteiger partial charge in [-0.25, -0.2) is 0 Å². The molecule has 0 N–H and O–H groups in total. The average Bonchev–Trinajstić information content (AvgIpc) is 3.37. The number of benzene rings is 5. The monoisotopic (exact) mass is 932 g/mol. The molecular weight excluding hydrogens is 851 g/mol. The molecule has 0 saturated carbocycles. The molecule has 0 aliphatic carbocycles. The highest BCUT2D eigenvalue weighted by molar-refractivity contribution is 5.66. The Kier molecular flexibility index (Phi) is 19.3. The number of unbranched alkanes of at least 4 members (excludes halogenated alkanes) is 9. The second kappa shape index (κ2) is 26.1. The highest BCUT2D eigenvalue weighted by Gasteiger charge is 2.25. The van der Waals surface area contributed by atoms with Crippen LogP contribution in [0.25, 0.3) is 33.6 Å². The van der Waals surface area contributed by atoms with Crippen LogP contribution in [-0.2, 0) is 25.8 Å². The minimum absolute atomic E-state index is 0.812. The van der Waals surface area contributed by atoms with Gasteiger partial charge in [0, 0.05) is 88.9 Å². The molecule has 5 aromatic carbocycles. The maximum Gasteiger partial charge on any atom is 0.239 e. The molecule has 0 amide bonds. The number of pyridine rings is 2. The van der Waals surface area contributed by atoms with E-state index >= 15 is 0 Å². The molecule has 70 heavy (non-hydrogen) atoms. The molecule has 5 heteroatoms. The van der Waals surface area contributed by atoms with Crippen molar-refractivity contribution in [2.24, 2.45) is 10.2 Å². The van der Waals surface area contributed by atoms with Crippen LogP contribution in [0.2, 0.25) is 0 Å². The standard InChI is InChI=1S/C65H81N5/c1-9-13-16-19-22-53-25-27-56(28-26-53)48-68(12-4)62-39-37-61(38-40-62)66-67-64-47-63(69-49(5)43-59(44-50(69)6)57-33-29-54(30-34-57)23-20-17-14-10-2)41-42-65(64)70-51(7)45-60(46-52(70)8)58-35-31-55(32-36-58)24-21-18-15-11-3/h25-47H,9-24,48H2,1-8H3/q+2. The first kappa shape index (κ1) is 51.6. The lowest BCUT2D eigenvalue weighted by Gasteiger charge is -2.23. The zero-order valence-corrected chi connectivity index (χ0v) is 44.0. The summed E-state index contributed by atoms with van der Waals surface area (Å²) in [7, 11) is 0. The van der Waals surface area contributed by atoms with Crippen molar-refractivity contribution in [1.82, 2.24) is 0 Å². The Morgan fingerprint density at radius 3 is 1.26 bits per heavy atom. The van der Waals surface area contributed by atoms with Crippen LogP contribution >= 0.6 is 0 Å². The maximum atomic E-state index is 5.09. The lowest BCUT2D eigenvalue weighted by atomic mass is 10.00.